The van der Waals surface area contributed by atoms with Crippen LogP contribution in [0.3, 0.4) is 0 Å². The Morgan fingerprint density at radius 1 is 1.15 bits per heavy atom. The highest BCUT2D eigenvalue weighted by Crippen LogP contribution is 2.30. The molecule has 33 heavy (non-hydrogen) atoms. The quantitative estimate of drug-likeness (QED) is 0.430. The van der Waals surface area contributed by atoms with Crippen molar-refractivity contribution < 1.29 is 30.4 Å². The number of rotatable bonds is 8. The monoisotopic (exact) mass is 508 g/mol. The van der Waals surface area contributed by atoms with E-state index in [1.54, 1.807) is 35.2 Å². The van der Waals surface area contributed by atoms with Crippen LogP contribution in [-0.4, -0.2) is 69.4 Å². The Bertz CT molecular complexity index is 1180. The molecule has 4 rings (SSSR count). The van der Waals surface area contributed by atoms with Crippen molar-refractivity contribution in [1.29, 1.82) is 0 Å². The van der Waals surface area contributed by atoms with Crippen LogP contribution in [0.5, 0.6) is 0 Å². The number of aryl methyl sites for hydroxylation is 1. The molecule has 0 saturated carbocycles. The van der Waals surface area contributed by atoms with Gasteiger partial charge in [-0.2, -0.15) is 0 Å². The molecule has 0 aliphatic carbocycles. The van der Waals surface area contributed by atoms with E-state index in [4.69, 9.17) is 4.74 Å². The van der Waals surface area contributed by atoms with Gasteiger partial charge in [0.2, 0.25) is 5.91 Å². The molecular formula is C23H27ClN3O4S2-. The van der Waals surface area contributed by atoms with Gasteiger partial charge in [0, 0.05) is 32.6 Å². The molecule has 10 heteroatoms. The van der Waals surface area contributed by atoms with E-state index in [-0.39, 0.29) is 35.4 Å². The van der Waals surface area contributed by atoms with Crippen LogP contribution < -0.4 is 17.3 Å². The molecule has 1 aromatic heterocycles. The molecule has 1 saturated heterocycles. The number of hydrogen-bond acceptors (Lipinski definition) is 7. The minimum Gasteiger partial charge on any atom is -1.00 e. The van der Waals surface area contributed by atoms with Crippen molar-refractivity contribution in [2.24, 2.45) is 0 Å². The van der Waals surface area contributed by atoms with Crippen molar-refractivity contribution >= 4 is 42.4 Å². The van der Waals surface area contributed by atoms with Crippen molar-refractivity contribution in [2.75, 3.05) is 50.0 Å². The Morgan fingerprint density at radius 3 is 2.61 bits per heavy atom. The second-order valence-corrected chi connectivity index (χ2v) is 11.0. The number of halogens is 1. The third-order valence-corrected chi connectivity index (χ3v) is 8.27. The molecule has 178 valence electrons. The van der Waals surface area contributed by atoms with Crippen LogP contribution in [0.25, 0.3) is 10.2 Å². The molecule has 0 N–H and O–H groups in total. The Morgan fingerprint density at radius 2 is 1.88 bits per heavy atom. The first kappa shape index (κ1) is 25.6. The topological polar surface area (TPSA) is 79.8 Å². The van der Waals surface area contributed by atoms with E-state index in [2.05, 4.69) is 16.0 Å². The number of benzene rings is 2. The van der Waals surface area contributed by atoms with E-state index in [0.717, 1.165) is 28.9 Å². The Kier molecular flexibility index (Phi) is 8.83. The van der Waals surface area contributed by atoms with Crippen LogP contribution >= 0.6 is 11.3 Å². The summed E-state index contributed by atoms with van der Waals surface area (Å²) in [4.78, 5) is 22.0. The van der Waals surface area contributed by atoms with Crippen LogP contribution in [0.4, 0.5) is 5.13 Å². The number of hydrogen-bond donors (Lipinski definition) is 0. The molecule has 0 unspecified atom stereocenters. The number of carbonyl (C=O) groups is 1. The van der Waals surface area contributed by atoms with E-state index in [9.17, 15) is 13.2 Å². The molecule has 0 bridgehead atoms. The van der Waals surface area contributed by atoms with Crippen molar-refractivity contribution in [2.45, 2.75) is 18.2 Å². The van der Waals surface area contributed by atoms with Gasteiger partial charge in [-0.3, -0.25) is 14.6 Å². The Balaban J connectivity index is 0.00000306. The molecule has 1 amide bonds. The van der Waals surface area contributed by atoms with Crippen LogP contribution in [0.1, 0.15) is 12.0 Å². The standard InChI is InChI=1S/C23H27N3O4S2.ClH/c1-18-7-8-20-21(17-18)31-23(24-20)26(11-10-25-12-14-30-15-13-25)22(27)9-16-32(28,29)19-5-3-2-4-6-19;/h2-8,17H,9-16H2,1H3;1H/p-1. The number of anilines is 1. The summed E-state index contributed by atoms with van der Waals surface area (Å²) >= 11 is 1.47. The predicted molar refractivity (Wildman–Crippen MR) is 127 cm³/mol. The van der Waals surface area contributed by atoms with E-state index < -0.39 is 9.84 Å². The zero-order valence-electron chi connectivity index (χ0n) is 18.4. The lowest BCUT2D eigenvalue weighted by Gasteiger charge is -2.29. The summed E-state index contributed by atoms with van der Waals surface area (Å²) in [6.45, 7) is 6.19. The molecule has 7 nitrogen and oxygen atoms in total. The molecular weight excluding hydrogens is 482 g/mol. The van der Waals surface area contributed by atoms with Gasteiger partial charge >= 0.3 is 0 Å². The van der Waals surface area contributed by atoms with Crippen LogP contribution in [0.15, 0.2) is 53.4 Å². The number of thiazole rings is 1. The van der Waals surface area contributed by atoms with Gasteiger partial charge < -0.3 is 17.1 Å². The van der Waals surface area contributed by atoms with Gasteiger partial charge in [0.15, 0.2) is 15.0 Å². The normalized spacial score (nSPS) is 14.7. The molecule has 0 atom stereocenters. The molecule has 2 aromatic carbocycles. The number of carbonyl (C=O) groups excluding carboxylic acids is 1. The second kappa shape index (κ2) is 11.4. The first-order chi connectivity index (χ1) is 15.4. The van der Waals surface area contributed by atoms with Crippen LogP contribution in [0, 0.1) is 6.92 Å². The van der Waals surface area contributed by atoms with E-state index in [1.165, 1.54) is 11.3 Å². The number of sulfone groups is 1. The van der Waals surface area contributed by atoms with Crippen molar-refractivity contribution in [3.63, 3.8) is 0 Å². The zero-order valence-corrected chi connectivity index (χ0v) is 20.8. The van der Waals surface area contributed by atoms with Crippen LogP contribution in [-0.2, 0) is 19.4 Å². The number of fused-ring (bicyclic) bond motifs is 1. The lowest BCUT2D eigenvalue weighted by molar-refractivity contribution is -0.118. The minimum atomic E-state index is -3.53. The molecule has 3 aromatic rings. The fourth-order valence-corrected chi connectivity index (χ4v) is 5.99. The number of ether oxygens (including phenoxy) is 1. The van der Waals surface area contributed by atoms with Gasteiger partial charge in [-0.15, -0.1) is 0 Å². The maximum atomic E-state index is 13.2. The Labute approximate surface area is 204 Å². The fourth-order valence-electron chi connectivity index (χ4n) is 3.63. The molecule has 1 aliphatic rings. The zero-order chi connectivity index (χ0) is 22.6. The average Bonchev–Trinajstić information content (AvgIpc) is 3.22. The maximum Gasteiger partial charge on any atom is 0.229 e. The number of aromatic nitrogens is 1. The van der Waals surface area contributed by atoms with Gasteiger partial charge in [-0.05, 0) is 36.8 Å². The largest absolute Gasteiger partial charge is 1.00 e. The SMILES string of the molecule is Cc1ccc2nc(N(CCN3CCOCC3)C(=O)CCS(=O)(=O)c3ccccc3)sc2c1.[Cl-]. The predicted octanol–water partition coefficient (Wildman–Crippen LogP) is 0.138. The fraction of sp³-hybridized carbons (Fsp3) is 0.391. The lowest BCUT2D eigenvalue weighted by atomic mass is 10.2. The molecule has 0 spiro atoms. The van der Waals surface area contributed by atoms with Crippen LogP contribution in [0.2, 0.25) is 0 Å². The van der Waals surface area contributed by atoms with Gasteiger partial charge in [0.25, 0.3) is 0 Å². The highest BCUT2D eigenvalue weighted by Gasteiger charge is 2.24. The first-order valence-electron chi connectivity index (χ1n) is 10.7. The highest BCUT2D eigenvalue weighted by molar-refractivity contribution is 7.91. The van der Waals surface area contributed by atoms with Gasteiger partial charge in [0.05, 0.1) is 34.1 Å². The summed E-state index contributed by atoms with van der Waals surface area (Å²) in [6.07, 6.45) is -0.0880. The maximum absolute atomic E-state index is 13.2. The first-order valence-corrected chi connectivity index (χ1v) is 13.1. The third kappa shape index (κ3) is 6.51. The summed E-state index contributed by atoms with van der Waals surface area (Å²) in [5.74, 6) is -0.456. The lowest BCUT2D eigenvalue weighted by Crippen LogP contribution is -3.00. The summed E-state index contributed by atoms with van der Waals surface area (Å²) in [7, 11) is -3.53. The third-order valence-electron chi connectivity index (χ3n) is 5.50. The molecule has 0 radical (unpaired) electrons. The van der Waals surface area contributed by atoms with Crippen molar-refractivity contribution in [3.05, 3.63) is 54.1 Å². The summed E-state index contributed by atoms with van der Waals surface area (Å²) in [5.41, 5.74) is 1.98. The van der Waals surface area contributed by atoms with Crippen molar-refractivity contribution in [3.8, 4) is 0 Å². The molecule has 1 fully saturated rings. The summed E-state index contributed by atoms with van der Waals surface area (Å²) < 4.78 is 31.8. The molecule has 1 aliphatic heterocycles. The number of amides is 1. The minimum absolute atomic E-state index is 0. The Hall–Kier alpha value is -2.04. The van der Waals surface area contributed by atoms with Gasteiger partial charge in [0.1, 0.15) is 0 Å². The average molecular weight is 509 g/mol. The smallest absolute Gasteiger partial charge is 0.229 e. The summed E-state index contributed by atoms with van der Waals surface area (Å²) in [5, 5.41) is 0.612. The second-order valence-electron chi connectivity index (χ2n) is 7.85. The highest BCUT2D eigenvalue weighted by atomic mass is 35.5. The van der Waals surface area contributed by atoms with Gasteiger partial charge in [-0.1, -0.05) is 35.6 Å². The number of nitrogens with zero attached hydrogens (tertiary/aromatic N) is 3. The van der Waals surface area contributed by atoms with Crippen molar-refractivity contribution in [1.82, 2.24) is 9.88 Å². The van der Waals surface area contributed by atoms with Gasteiger partial charge in [-0.25, -0.2) is 13.4 Å². The van der Waals surface area contributed by atoms with E-state index in [0.29, 0.717) is 31.4 Å². The number of morpholine rings is 1. The van der Waals surface area contributed by atoms with E-state index >= 15 is 0 Å². The van der Waals surface area contributed by atoms with E-state index in [1.807, 2.05) is 19.1 Å². The molecule has 2 heterocycles. The summed E-state index contributed by atoms with van der Waals surface area (Å²) in [6, 6.07) is 14.3.